The number of benzene rings is 1. The Labute approximate surface area is 145 Å². The maximum Gasteiger partial charge on any atom is 0.136 e. The van der Waals surface area contributed by atoms with Crippen molar-refractivity contribution < 1.29 is 9.13 Å². The van der Waals surface area contributed by atoms with E-state index < -0.39 is 0 Å². The number of rotatable bonds is 6. The normalized spacial score (nSPS) is 12.4. The number of ether oxygens (including phenoxy) is 1. The zero-order chi connectivity index (χ0) is 17.8. The van der Waals surface area contributed by atoms with Crippen LogP contribution in [-0.4, -0.2) is 39.2 Å². The van der Waals surface area contributed by atoms with E-state index in [1.807, 2.05) is 13.1 Å². The Bertz CT molecular complexity index is 836. The second kappa shape index (κ2) is 7.40. The zero-order valence-electron chi connectivity index (χ0n) is 14.4. The number of methoxy groups -OCH3 is 1. The van der Waals surface area contributed by atoms with Gasteiger partial charge in [-0.1, -0.05) is 0 Å². The molecule has 1 atom stereocenters. The summed E-state index contributed by atoms with van der Waals surface area (Å²) < 4.78 is 19.4. The second-order valence-corrected chi connectivity index (χ2v) is 5.84. The van der Waals surface area contributed by atoms with Crippen molar-refractivity contribution in [3.05, 3.63) is 60.1 Å². The quantitative estimate of drug-likeness (QED) is 0.746. The van der Waals surface area contributed by atoms with Crippen LogP contribution >= 0.6 is 0 Å². The Morgan fingerprint density at radius 1 is 1.32 bits per heavy atom. The van der Waals surface area contributed by atoms with Gasteiger partial charge in [-0.2, -0.15) is 5.10 Å². The molecule has 25 heavy (non-hydrogen) atoms. The first-order valence-corrected chi connectivity index (χ1v) is 7.92. The second-order valence-electron chi connectivity index (χ2n) is 5.84. The largest absolute Gasteiger partial charge is 0.497 e. The molecule has 0 aliphatic carbocycles. The van der Waals surface area contributed by atoms with E-state index in [4.69, 9.17) is 4.74 Å². The standard InChI is InChI=1S/C18H20FN5O/c1-12(17-6-7-20-11-21-17)24(2)10-13-9-22-23-18(13)15-5-4-14(25-3)8-16(15)19/h4-9,11-12H,10H2,1-3H3,(H,22,23)/t12-/m0/s1. The van der Waals surface area contributed by atoms with E-state index >= 15 is 0 Å². The van der Waals surface area contributed by atoms with Gasteiger partial charge in [-0.05, 0) is 32.2 Å². The molecule has 1 aromatic carbocycles. The number of hydrogen-bond donors (Lipinski definition) is 1. The summed E-state index contributed by atoms with van der Waals surface area (Å²) in [7, 11) is 3.51. The Morgan fingerprint density at radius 2 is 2.16 bits per heavy atom. The maximum atomic E-state index is 14.4. The van der Waals surface area contributed by atoms with E-state index in [2.05, 4.69) is 32.0 Å². The summed E-state index contributed by atoms with van der Waals surface area (Å²) in [5.74, 6) is 0.133. The Kier molecular flexibility index (Phi) is 5.04. The van der Waals surface area contributed by atoms with Crippen LogP contribution in [0.1, 0.15) is 24.2 Å². The van der Waals surface area contributed by atoms with E-state index in [1.54, 1.807) is 24.5 Å². The van der Waals surface area contributed by atoms with Gasteiger partial charge >= 0.3 is 0 Å². The van der Waals surface area contributed by atoms with Crippen LogP contribution in [0.3, 0.4) is 0 Å². The lowest BCUT2D eigenvalue weighted by molar-refractivity contribution is 0.249. The summed E-state index contributed by atoms with van der Waals surface area (Å²) in [5.41, 5.74) is 2.98. The third kappa shape index (κ3) is 3.66. The van der Waals surface area contributed by atoms with Crippen molar-refractivity contribution >= 4 is 0 Å². The number of halogens is 1. The highest BCUT2D eigenvalue weighted by Crippen LogP contribution is 2.29. The van der Waals surface area contributed by atoms with Gasteiger partial charge in [-0.25, -0.2) is 14.4 Å². The number of nitrogens with one attached hydrogen (secondary N) is 1. The van der Waals surface area contributed by atoms with E-state index in [0.717, 1.165) is 11.3 Å². The van der Waals surface area contributed by atoms with Crippen LogP contribution in [0.5, 0.6) is 5.75 Å². The molecule has 0 radical (unpaired) electrons. The van der Waals surface area contributed by atoms with Crippen LogP contribution in [0, 0.1) is 5.82 Å². The van der Waals surface area contributed by atoms with E-state index in [-0.39, 0.29) is 11.9 Å². The van der Waals surface area contributed by atoms with Crippen molar-refractivity contribution in [2.75, 3.05) is 14.2 Å². The van der Waals surface area contributed by atoms with Crippen molar-refractivity contribution in [2.45, 2.75) is 19.5 Å². The first-order valence-electron chi connectivity index (χ1n) is 7.92. The van der Waals surface area contributed by atoms with Gasteiger partial charge in [0.25, 0.3) is 0 Å². The van der Waals surface area contributed by atoms with Crippen LogP contribution in [0.25, 0.3) is 11.3 Å². The minimum absolute atomic E-state index is 0.0893. The third-order valence-corrected chi connectivity index (χ3v) is 4.28. The smallest absolute Gasteiger partial charge is 0.136 e. The van der Waals surface area contributed by atoms with Gasteiger partial charge < -0.3 is 4.74 Å². The molecule has 130 valence electrons. The van der Waals surface area contributed by atoms with Crippen LogP contribution in [0.4, 0.5) is 4.39 Å². The fraction of sp³-hybridized carbons (Fsp3) is 0.278. The first-order chi connectivity index (χ1) is 12.1. The predicted octanol–water partition coefficient (Wildman–Crippen LogP) is 3.21. The minimum Gasteiger partial charge on any atom is -0.497 e. The van der Waals surface area contributed by atoms with Gasteiger partial charge in [0, 0.05) is 36.0 Å². The topological polar surface area (TPSA) is 66.9 Å². The molecule has 0 saturated carbocycles. The van der Waals surface area contributed by atoms with Crippen molar-refractivity contribution in [2.24, 2.45) is 0 Å². The molecular weight excluding hydrogens is 321 g/mol. The molecule has 7 heteroatoms. The van der Waals surface area contributed by atoms with E-state index in [0.29, 0.717) is 23.6 Å². The highest BCUT2D eigenvalue weighted by molar-refractivity contribution is 5.64. The maximum absolute atomic E-state index is 14.4. The highest BCUT2D eigenvalue weighted by atomic mass is 19.1. The molecule has 2 aromatic heterocycles. The Hall–Kier alpha value is -2.80. The lowest BCUT2D eigenvalue weighted by Crippen LogP contribution is -2.22. The lowest BCUT2D eigenvalue weighted by Gasteiger charge is -2.24. The molecule has 0 unspecified atom stereocenters. The molecule has 0 aliphatic heterocycles. The molecule has 3 rings (SSSR count). The molecule has 0 fully saturated rings. The Balaban J connectivity index is 1.82. The molecule has 0 bridgehead atoms. The average Bonchev–Trinajstić information content (AvgIpc) is 3.09. The summed E-state index contributed by atoms with van der Waals surface area (Å²) in [6.07, 6.45) is 4.99. The molecule has 1 N–H and O–H groups in total. The summed E-state index contributed by atoms with van der Waals surface area (Å²) >= 11 is 0. The predicted molar refractivity (Wildman–Crippen MR) is 92.4 cm³/mol. The van der Waals surface area contributed by atoms with Gasteiger partial charge in [-0.15, -0.1) is 0 Å². The van der Waals surface area contributed by atoms with Crippen LogP contribution in [0.2, 0.25) is 0 Å². The number of nitrogens with zero attached hydrogens (tertiary/aromatic N) is 4. The molecule has 0 amide bonds. The zero-order valence-corrected chi connectivity index (χ0v) is 14.4. The van der Waals surface area contributed by atoms with Crippen LogP contribution < -0.4 is 4.74 Å². The van der Waals surface area contributed by atoms with Crippen LogP contribution in [0.15, 0.2) is 43.0 Å². The van der Waals surface area contributed by atoms with Crippen molar-refractivity contribution in [1.82, 2.24) is 25.1 Å². The fourth-order valence-corrected chi connectivity index (χ4v) is 2.67. The summed E-state index contributed by atoms with van der Waals surface area (Å²) in [5, 5.41) is 6.99. The molecule has 2 heterocycles. The van der Waals surface area contributed by atoms with Crippen molar-refractivity contribution in [3.8, 4) is 17.0 Å². The fourth-order valence-electron chi connectivity index (χ4n) is 2.67. The van der Waals surface area contributed by atoms with Gasteiger partial charge in [0.1, 0.15) is 17.9 Å². The van der Waals surface area contributed by atoms with Gasteiger partial charge in [0.15, 0.2) is 0 Å². The molecule has 0 aliphatic rings. The number of H-pyrrole nitrogens is 1. The van der Waals surface area contributed by atoms with Crippen LogP contribution in [-0.2, 0) is 6.54 Å². The summed E-state index contributed by atoms with van der Waals surface area (Å²) in [6, 6.07) is 6.77. The van der Waals surface area contributed by atoms with Crippen molar-refractivity contribution in [3.63, 3.8) is 0 Å². The van der Waals surface area contributed by atoms with E-state index in [9.17, 15) is 4.39 Å². The SMILES string of the molecule is COc1ccc(-c2[nH]ncc2CN(C)[C@@H](C)c2ccncn2)c(F)c1. The van der Waals surface area contributed by atoms with Gasteiger partial charge in [-0.3, -0.25) is 10.00 Å². The number of aromatic nitrogens is 4. The summed E-state index contributed by atoms with van der Waals surface area (Å²) in [4.78, 5) is 10.4. The Morgan fingerprint density at radius 3 is 2.84 bits per heavy atom. The molecule has 3 aromatic rings. The van der Waals surface area contributed by atoms with Gasteiger partial charge in [0.05, 0.1) is 24.7 Å². The average molecular weight is 341 g/mol. The lowest BCUT2D eigenvalue weighted by atomic mass is 10.1. The molecule has 6 nitrogen and oxygen atoms in total. The molecule has 0 spiro atoms. The summed E-state index contributed by atoms with van der Waals surface area (Å²) in [6.45, 7) is 2.67. The third-order valence-electron chi connectivity index (χ3n) is 4.28. The van der Waals surface area contributed by atoms with E-state index in [1.165, 1.54) is 19.5 Å². The highest BCUT2D eigenvalue weighted by Gasteiger charge is 2.18. The molecule has 0 saturated heterocycles. The first kappa shape index (κ1) is 17.0. The number of hydrogen-bond acceptors (Lipinski definition) is 5. The van der Waals surface area contributed by atoms with Gasteiger partial charge in [0.2, 0.25) is 0 Å². The van der Waals surface area contributed by atoms with Crippen molar-refractivity contribution in [1.29, 1.82) is 0 Å². The number of aromatic amines is 1. The minimum atomic E-state index is -0.351. The monoisotopic (exact) mass is 341 g/mol. The molecular formula is C18H20FN5O.